The van der Waals surface area contributed by atoms with Crippen LogP contribution in [0.15, 0.2) is 22.7 Å². The first-order chi connectivity index (χ1) is 8.74. The molecule has 0 fully saturated rings. The van der Waals surface area contributed by atoms with Gasteiger partial charge in [0.2, 0.25) is 0 Å². The molecule has 1 unspecified atom stereocenters. The average molecular weight is 342 g/mol. The summed E-state index contributed by atoms with van der Waals surface area (Å²) in [5.41, 5.74) is 0.119. The van der Waals surface area contributed by atoms with E-state index in [1.165, 1.54) is 19.2 Å². The van der Waals surface area contributed by atoms with Gasteiger partial charge in [-0.3, -0.25) is 10.1 Å². The second-order valence-corrected chi connectivity index (χ2v) is 4.57. The van der Waals surface area contributed by atoms with E-state index in [1.54, 1.807) is 6.07 Å². The third-order valence-corrected chi connectivity index (χ3v) is 2.75. The molecule has 0 aliphatic carbocycles. The lowest BCUT2D eigenvalue weighted by molar-refractivity contribution is -0.143. The molecule has 4 nitrogen and oxygen atoms in total. The summed E-state index contributed by atoms with van der Waals surface area (Å²) in [4.78, 5) is 11.1. The van der Waals surface area contributed by atoms with E-state index in [0.29, 0.717) is 4.47 Å². The Kier molecular flexibility index (Phi) is 5.19. The number of nitrogens with one attached hydrogen (secondary N) is 1. The van der Waals surface area contributed by atoms with Crippen LogP contribution in [0.4, 0.5) is 13.2 Å². The van der Waals surface area contributed by atoms with Gasteiger partial charge in [0.05, 0.1) is 13.7 Å². The number of carboxylic acid groups (broad SMARTS) is 1. The van der Waals surface area contributed by atoms with Gasteiger partial charge in [0.1, 0.15) is 11.8 Å². The van der Waals surface area contributed by atoms with Crippen molar-refractivity contribution in [3.8, 4) is 5.75 Å². The van der Waals surface area contributed by atoms with Crippen molar-refractivity contribution in [3.05, 3.63) is 28.2 Å². The number of aliphatic carboxylic acids is 1. The van der Waals surface area contributed by atoms with Crippen LogP contribution in [0, 0.1) is 0 Å². The van der Waals surface area contributed by atoms with Crippen LogP contribution in [-0.2, 0) is 4.79 Å². The molecule has 106 valence electrons. The van der Waals surface area contributed by atoms with Gasteiger partial charge in [0.25, 0.3) is 0 Å². The summed E-state index contributed by atoms with van der Waals surface area (Å²) in [6, 6.07) is 2.98. The summed E-state index contributed by atoms with van der Waals surface area (Å²) < 4.78 is 42.0. The molecule has 19 heavy (non-hydrogen) atoms. The van der Waals surface area contributed by atoms with Gasteiger partial charge in [-0.1, -0.05) is 15.9 Å². The maximum absolute atomic E-state index is 12.2. The molecule has 1 aromatic rings. The highest BCUT2D eigenvalue weighted by atomic mass is 79.9. The topological polar surface area (TPSA) is 58.6 Å². The molecule has 0 radical (unpaired) electrons. The van der Waals surface area contributed by atoms with Gasteiger partial charge in [-0.2, -0.15) is 13.2 Å². The van der Waals surface area contributed by atoms with E-state index < -0.39 is 24.7 Å². The summed E-state index contributed by atoms with van der Waals surface area (Å²) in [6.45, 7) is -1.40. The van der Waals surface area contributed by atoms with Crippen molar-refractivity contribution in [2.75, 3.05) is 13.7 Å². The molecular formula is C11H11BrF3NO3. The Morgan fingerprint density at radius 2 is 2.16 bits per heavy atom. The molecule has 1 rings (SSSR count). The van der Waals surface area contributed by atoms with Crippen LogP contribution in [0.2, 0.25) is 0 Å². The lowest BCUT2D eigenvalue weighted by Gasteiger charge is -2.18. The zero-order valence-electron chi connectivity index (χ0n) is 9.79. The predicted octanol–water partition coefficient (Wildman–Crippen LogP) is 2.74. The number of hydrogen-bond acceptors (Lipinski definition) is 3. The first-order valence-electron chi connectivity index (χ1n) is 5.11. The molecule has 0 heterocycles. The number of rotatable bonds is 5. The van der Waals surface area contributed by atoms with Crippen molar-refractivity contribution in [2.24, 2.45) is 0 Å². The van der Waals surface area contributed by atoms with E-state index in [-0.39, 0.29) is 11.3 Å². The fraction of sp³-hybridized carbons (Fsp3) is 0.364. The summed E-state index contributed by atoms with van der Waals surface area (Å²) in [5.74, 6) is -1.22. The number of ether oxygens (including phenoxy) is 1. The number of benzene rings is 1. The minimum atomic E-state index is -4.49. The van der Waals surface area contributed by atoms with Crippen molar-refractivity contribution in [1.82, 2.24) is 5.32 Å². The van der Waals surface area contributed by atoms with Gasteiger partial charge in [-0.05, 0) is 18.2 Å². The van der Waals surface area contributed by atoms with Gasteiger partial charge in [0.15, 0.2) is 0 Å². The van der Waals surface area contributed by atoms with Gasteiger partial charge >= 0.3 is 12.1 Å². The Labute approximate surface area is 115 Å². The minimum absolute atomic E-state index is 0.119. The highest BCUT2D eigenvalue weighted by Crippen LogP contribution is 2.29. The fourth-order valence-corrected chi connectivity index (χ4v) is 1.86. The Morgan fingerprint density at radius 3 is 2.63 bits per heavy atom. The highest BCUT2D eigenvalue weighted by Gasteiger charge is 2.31. The molecule has 0 bridgehead atoms. The number of hydrogen-bond donors (Lipinski definition) is 2. The van der Waals surface area contributed by atoms with E-state index >= 15 is 0 Å². The molecule has 0 saturated heterocycles. The molecule has 0 saturated carbocycles. The second-order valence-electron chi connectivity index (χ2n) is 3.65. The molecule has 0 spiro atoms. The van der Waals surface area contributed by atoms with Crippen molar-refractivity contribution < 1.29 is 27.8 Å². The maximum Gasteiger partial charge on any atom is 0.401 e. The summed E-state index contributed by atoms with van der Waals surface area (Å²) in [5, 5.41) is 11.0. The van der Waals surface area contributed by atoms with Crippen LogP contribution in [0.5, 0.6) is 5.75 Å². The molecule has 2 N–H and O–H groups in total. The summed E-state index contributed by atoms with van der Waals surface area (Å²) in [6.07, 6.45) is -4.49. The Morgan fingerprint density at radius 1 is 1.53 bits per heavy atom. The normalized spacial score (nSPS) is 13.1. The third-order valence-electron chi connectivity index (χ3n) is 2.26. The van der Waals surface area contributed by atoms with E-state index in [0.717, 1.165) is 0 Å². The SMILES string of the molecule is COc1ccc(Br)cc1C(NCC(F)(F)F)C(=O)O. The first kappa shape index (κ1) is 15.8. The molecule has 0 aliphatic rings. The monoisotopic (exact) mass is 341 g/mol. The van der Waals surface area contributed by atoms with Crippen molar-refractivity contribution in [1.29, 1.82) is 0 Å². The van der Waals surface area contributed by atoms with Gasteiger partial charge in [0, 0.05) is 10.0 Å². The summed E-state index contributed by atoms with van der Waals surface area (Å²) in [7, 11) is 1.31. The molecule has 1 aromatic carbocycles. The van der Waals surface area contributed by atoms with Crippen molar-refractivity contribution >= 4 is 21.9 Å². The Bertz CT molecular complexity index is 465. The van der Waals surface area contributed by atoms with Crippen LogP contribution in [0.1, 0.15) is 11.6 Å². The van der Waals surface area contributed by atoms with E-state index in [4.69, 9.17) is 9.84 Å². The quantitative estimate of drug-likeness (QED) is 0.864. The van der Waals surface area contributed by atoms with Crippen LogP contribution < -0.4 is 10.1 Å². The number of halogens is 4. The highest BCUT2D eigenvalue weighted by molar-refractivity contribution is 9.10. The first-order valence-corrected chi connectivity index (χ1v) is 5.90. The smallest absolute Gasteiger partial charge is 0.401 e. The second kappa shape index (κ2) is 6.25. The molecule has 8 heteroatoms. The molecule has 0 amide bonds. The van der Waals surface area contributed by atoms with Crippen LogP contribution >= 0.6 is 15.9 Å². The summed E-state index contributed by atoms with van der Waals surface area (Å²) >= 11 is 3.14. The van der Waals surface area contributed by atoms with Crippen molar-refractivity contribution in [2.45, 2.75) is 12.2 Å². The number of methoxy groups -OCH3 is 1. The standard InChI is InChI=1S/C11H11BrF3NO3/c1-19-8-3-2-6(12)4-7(8)9(10(17)18)16-5-11(13,14)15/h2-4,9,16H,5H2,1H3,(H,17,18). The fourth-order valence-electron chi connectivity index (χ4n) is 1.48. The minimum Gasteiger partial charge on any atom is -0.496 e. The van der Waals surface area contributed by atoms with E-state index in [2.05, 4.69) is 15.9 Å². The van der Waals surface area contributed by atoms with Gasteiger partial charge in [-0.15, -0.1) is 0 Å². The lowest BCUT2D eigenvalue weighted by Crippen LogP contribution is -2.36. The molecule has 0 aromatic heterocycles. The maximum atomic E-state index is 12.2. The van der Waals surface area contributed by atoms with E-state index in [9.17, 15) is 18.0 Å². The lowest BCUT2D eigenvalue weighted by atomic mass is 10.1. The van der Waals surface area contributed by atoms with Crippen LogP contribution in [-0.4, -0.2) is 30.9 Å². The zero-order valence-corrected chi connectivity index (χ0v) is 11.4. The van der Waals surface area contributed by atoms with Gasteiger partial charge < -0.3 is 9.84 Å². The average Bonchev–Trinajstić information content (AvgIpc) is 2.27. The zero-order chi connectivity index (χ0) is 14.6. The Hall–Kier alpha value is -1.28. The Balaban J connectivity index is 3.05. The van der Waals surface area contributed by atoms with Crippen LogP contribution in [0.25, 0.3) is 0 Å². The van der Waals surface area contributed by atoms with Crippen molar-refractivity contribution in [3.63, 3.8) is 0 Å². The molecule has 1 atom stereocenters. The largest absolute Gasteiger partial charge is 0.496 e. The molecular weight excluding hydrogens is 331 g/mol. The third kappa shape index (κ3) is 4.71. The number of alkyl halides is 3. The number of carbonyl (C=O) groups is 1. The number of carboxylic acids is 1. The molecule has 0 aliphatic heterocycles. The predicted molar refractivity (Wildman–Crippen MR) is 65.1 cm³/mol. The van der Waals surface area contributed by atoms with Crippen LogP contribution in [0.3, 0.4) is 0 Å². The van der Waals surface area contributed by atoms with E-state index in [1.807, 2.05) is 5.32 Å². The van der Waals surface area contributed by atoms with Gasteiger partial charge in [-0.25, -0.2) is 0 Å².